The molecule has 1 aliphatic heterocycles. The Morgan fingerprint density at radius 3 is 2.93 bits per heavy atom. The van der Waals surface area contributed by atoms with Crippen molar-refractivity contribution in [3.05, 3.63) is 77.3 Å². The van der Waals surface area contributed by atoms with Crippen molar-refractivity contribution >= 4 is 28.6 Å². The minimum atomic E-state index is -0.370. The molecule has 0 unspecified atom stereocenters. The van der Waals surface area contributed by atoms with Crippen molar-refractivity contribution in [1.82, 2.24) is 29.2 Å². The lowest BCUT2D eigenvalue weighted by Gasteiger charge is -2.34. The van der Waals surface area contributed by atoms with Crippen LogP contribution < -0.4 is 0 Å². The van der Waals surface area contributed by atoms with Gasteiger partial charge in [-0.1, -0.05) is 24.3 Å². The van der Waals surface area contributed by atoms with Gasteiger partial charge in [0, 0.05) is 35.8 Å². The average Bonchev–Trinajstić information content (AvgIpc) is 3.32. The van der Waals surface area contributed by atoms with Gasteiger partial charge in [0.25, 0.3) is 5.91 Å². The number of carbonyl (C=O) groups excluding carboxylic acids is 1. The minimum Gasteiger partial charge on any atom is -0.348 e. The number of aromatic nitrogens is 5. The highest BCUT2D eigenvalue weighted by molar-refractivity contribution is 6.15. The molecule has 0 saturated heterocycles. The predicted octanol–water partition coefficient (Wildman–Crippen LogP) is 3.25. The molecule has 1 N–H and O–H groups in total. The van der Waals surface area contributed by atoms with Gasteiger partial charge < -0.3 is 9.88 Å². The molecule has 0 saturated carbocycles. The molecular weight excluding hydrogens is 376 g/mol. The molecule has 4 aromatic rings. The van der Waals surface area contributed by atoms with Crippen LogP contribution in [-0.4, -0.2) is 41.6 Å². The van der Waals surface area contributed by atoms with Crippen LogP contribution in [0.15, 0.2) is 48.9 Å². The van der Waals surface area contributed by atoms with E-state index in [2.05, 4.69) is 15.1 Å². The second-order valence-corrected chi connectivity index (χ2v) is 7.21. The van der Waals surface area contributed by atoms with Crippen LogP contribution in [0, 0.1) is 6.92 Å². The Morgan fingerprint density at radius 2 is 2.11 bits per heavy atom. The van der Waals surface area contributed by atoms with Crippen molar-refractivity contribution in [2.45, 2.75) is 19.4 Å². The first-order valence-corrected chi connectivity index (χ1v) is 9.37. The average molecular weight is 393 g/mol. The Kier molecular flexibility index (Phi) is 3.91. The van der Waals surface area contributed by atoms with Gasteiger partial charge in [0.05, 0.1) is 40.7 Å². The maximum Gasteiger partial charge on any atom is 0.258 e. The fourth-order valence-electron chi connectivity index (χ4n) is 3.82. The minimum absolute atomic E-state index is 0.127. The molecule has 4 heterocycles. The molecule has 3 aromatic heterocycles. The van der Waals surface area contributed by atoms with Gasteiger partial charge >= 0.3 is 0 Å². The van der Waals surface area contributed by atoms with Crippen molar-refractivity contribution in [1.29, 1.82) is 0 Å². The van der Waals surface area contributed by atoms with Gasteiger partial charge in [-0.3, -0.25) is 9.78 Å². The number of halogens is 1. The van der Waals surface area contributed by atoms with E-state index >= 15 is 0 Å². The second-order valence-electron chi connectivity index (χ2n) is 6.86. The number of aromatic amines is 1. The molecule has 0 aliphatic carbocycles. The Balaban J connectivity index is 1.64. The van der Waals surface area contributed by atoms with E-state index in [1.807, 2.05) is 36.4 Å². The summed E-state index contributed by atoms with van der Waals surface area (Å²) in [6, 6.07) is 11.6. The molecule has 0 radical (unpaired) electrons. The van der Waals surface area contributed by atoms with Crippen LogP contribution >= 0.6 is 11.8 Å². The van der Waals surface area contributed by atoms with Gasteiger partial charge in [-0.25, -0.2) is 4.98 Å². The number of aryl methyl sites for hydroxylation is 1. The summed E-state index contributed by atoms with van der Waals surface area (Å²) in [6.45, 7) is 2.33. The summed E-state index contributed by atoms with van der Waals surface area (Å²) in [5.41, 5.74) is 4.63. The summed E-state index contributed by atoms with van der Waals surface area (Å²) >= 11 is 5.94. The number of fused-ring (bicyclic) bond motifs is 2. The zero-order valence-electron chi connectivity index (χ0n) is 15.1. The number of benzene rings is 1. The van der Waals surface area contributed by atoms with E-state index < -0.39 is 0 Å². The van der Waals surface area contributed by atoms with Gasteiger partial charge in [-0.2, -0.15) is 9.30 Å². The van der Waals surface area contributed by atoms with Gasteiger partial charge in [0.15, 0.2) is 0 Å². The van der Waals surface area contributed by atoms with Crippen LogP contribution in [0.25, 0.3) is 10.9 Å². The van der Waals surface area contributed by atoms with E-state index in [1.165, 1.54) is 0 Å². The number of amides is 1. The summed E-state index contributed by atoms with van der Waals surface area (Å²) in [5, 5.41) is 5.15. The van der Waals surface area contributed by atoms with Crippen molar-refractivity contribution < 1.29 is 4.79 Å². The number of hydrogen-bond acceptors (Lipinski definition) is 4. The van der Waals surface area contributed by atoms with Crippen molar-refractivity contribution in [2.75, 3.05) is 6.54 Å². The fraction of sp³-hybridized carbons (Fsp3) is 0.200. The maximum absolute atomic E-state index is 13.4. The zero-order chi connectivity index (χ0) is 19.3. The highest BCUT2D eigenvalue weighted by Crippen LogP contribution is 2.34. The standard InChI is InChI=1S/C20H17ClN6O/c1-12-14(10-27(21)25-12)20(28)26-9-8-16-18(23-11-22-16)19(26)17-7-6-13-4-2-3-5-15(13)24-17/h2-7,10-11,19H,8-9H2,1H3,(H,22,23)/t19-/m0/s1. The highest BCUT2D eigenvalue weighted by atomic mass is 35.5. The number of pyridine rings is 1. The van der Waals surface area contributed by atoms with Gasteiger partial charge in [0.1, 0.15) is 6.04 Å². The number of H-pyrrole nitrogens is 1. The third-order valence-electron chi connectivity index (χ3n) is 5.19. The first kappa shape index (κ1) is 16.9. The lowest BCUT2D eigenvalue weighted by atomic mass is 9.97. The molecule has 1 aromatic carbocycles. The number of nitrogens with zero attached hydrogens (tertiary/aromatic N) is 5. The molecule has 140 valence electrons. The summed E-state index contributed by atoms with van der Waals surface area (Å²) in [4.78, 5) is 27.7. The van der Waals surface area contributed by atoms with Crippen molar-refractivity contribution in [3.8, 4) is 0 Å². The van der Waals surface area contributed by atoms with Crippen molar-refractivity contribution in [2.24, 2.45) is 0 Å². The fourth-order valence-corrected chi connectivity index (χ4v) is 4.03. The number of nitrogens with one attached hydrogen (secondary N) is 1. The lowest BCUT2D eigenvalue weighted by molar-refractivity contribution is 0.0686. The third-order valence-corrected chi connectivity index (χ3v) is 5.36. The zero-order valence-corrected chi connectivity index (χ0v) is 15.9. The van der Waals surface area contributed by atoms with Crippen LogP contribution in [0.4, 0.5) is 0 Å². The number of carbonyl (C=O) groups is 1. The number of hydrogen-bond donors (Lipinski definition) is 1. The maximum atomic E-state index is 13.4. The molecule has 1 aliphatic rings. The molecular formula is C20H17ClN6O. The van der Waals surface area contributed by atoms with E-state index in [0.717, 1.165) is 32.2 Å². The van der Waals surface area contributed by atoms with Gasteiger partial charge in [0.2, 0.25) is 0 Å². The summed E-state index contributed by atoms with van der Waals surface area (Å²) < 4.78 is 1.15. The normalized spacial score (nSPS) is 16.4. The largest absolute Gasteiger partial charge is 0.348 e. The summed E-state index contributed by atoms with van der Waals surface area (Å²) in [5.74, 6) is -0.127. The Morgan fingerprint density at radius 1 is 1.25 bits per heavy atom. The van der Waals surface area contributed by atoms with Crippen LogP contribution in [0.1, 0.15) is 39.2 Å². The Bertz CT molecular complexity index is 1200. The van der Waals surface area contributed by atoms with E-state index in [0.29, 0.717) is 24.2 Å². The van der Waals surface area contributed by atoms with Gasteiger partial charge in [-0.15, -0.1) is 0 Å². The van der Waals surface area contributed by atoms with Crippen LogP contribution in [-0.2, 0) is 6.42 Å². The van der Waals surface area contributed by atoms with Gasteiger partial charge in [-0.05, 0) is 19.1 Å². The van der Waals surface area contributed by atoms with Crippen molar-refractivity contribution in [3.63, 3.8) is 0 Å². The quantitative estimate of drug-likeness (QED) is 0.568. The first-order valence-electron chi connectivity index (χ1n) is 9.03. The number of imidazole rings is 1. The second kappa shape index (κ2) is 6.45. The monoisotopic (exact) mass is 392 g/mol. The molecule has 0 spiro atoms. The molecule has 0 bridgehead atoms. The van der Waals surface area contributed by atoms with E-state index in [1.54, 1.807) is 24.3 Å². The molecule has 1 amide bonds. The Hall–Kier alpha value is -3.19. The molecule has 1 atom stereocenters. The summed E-state index contributed by atoms with van der Waals surface area (Å²) in [6.07, 6.45) is 3.93. The first-order chi connectivity index (χ1) is 13.6. The highest BCUT2D eigenvalue weighted by Gasteiger charge is 2.36. The summed E-state index contributed by atoms with van der Waals surface area (Å²) in [7, 11) is 0. The van der Waals surface area contributed by atoms with Crippen LogP contribution in [0.3, 0.4) is 0 Å². The molecule has 28 heavy (non-hydrogen) atoms. The molecule has 8 heteroatoms. The molecule has 5 rings (SSSR count). The number of para-hydroxylation sites is 1. The predicted molar refractivity (Wildman–Crippen MR) is 105 cm³/mol. The van der Waals surface area contributed by atoms with Crippen LogP contribution in [0.5, 0.6) is 0 Å². The lowest BCUT2D eigenvalue weighted by Crippen LogP contribution is -2.41. The van der Waals surface area contributed by atoms with E-state index in [4.69, 9.17) is 16.8 Å². The topological polar surface area (TPSA) is 79.7 Å². The van der Waals surface area contributed by atoms with E-state index in [-0.39, 0.29) is 11.9 Å². The Labute approximate surface area is 166 Å². The smallest absolute Gasteiger partial charge is 0.258 e. The molecule has 0 fully saturated rings. The molecule has 7 nitrogen and oxygen atoms in total. The van der Waals surface area contributed by atoms with Crippen LogP contribution in [0.2, 0.25) is 0 Å². The SMILES string of the molecule is Cc1nn(Cl)cc1C(=O)N1CCc2[nH]cnc2[C@@H]1c1ccc2ccccc2n1. The van der Waals surface area contributed by atoms with E-state index in [9.17, 15) is 4.79 Å². The number of rotatable bonds is 2. The third kappa shape index (κ3) is 2.66.